The number of carbonyl (C=O) groups excluding carboxylic acids is 1. The van der Waals surface area contributed by atoms with Gasteiger partial charge in [-0.05, 0) is 38.2 Å². The average molecular weight is 272 g/mol. The summed E-state index contributed by atoms with van der Waals surface area (Å²) in [6.45, 7) is 6.27. The second-order valence-electron chi connectivity index (χ2n) is 5.10. The Labute approximate surface area is 124 Å². The van der Waals surface area contributed by atoms with Gasteiger partial charge in [-0.3, -0.25) is 4.79 Å². The first-order valence-corrected chi connectivity index (χ1v) is 7.47. The molecule has 0 unspecified atom stereocenters. The monoisotopic (exact) mass is 272 g/mol. The molecule has 0 aliphatic carbocycles. The highest BCUT2D eigenvalue weighted by Crippen LogP contribution is 2.04. The van der Waals surface area contributed by atoms with Crippen molar-refractivity contribution in [3.8, 4) is 0 Å². The number of hydrogen-bond acceptors (Lipinski definition) is 1. The van der Waals surface area contributed by atoms with E-state index in [1.54, 1.807) is 6.08 Å². The lowest BCUT2D eigenvalue weighted by atomic mass is 10.1. The lowest BCUT2D eigenvalue weighted by Gasteiger charge is -1.99. The number of rotatable bonds is 10. The number of ketones is 1. The van der Waals surface area contributed by atoms with E-state index in [0.717, 1.165) is 19.3 Å². The minimum absolute atomic E-state index is 0.220. The Morgan fingerprint density at radius 1 is 0.900 bits per heavy atom. The van der Waals surface area contributed by atoms with Gasteiger partial charge in [-0.25, -0.2) is 0 Å². The highest BCUT2D eigenvalue weighted by molar-refractivity contribution is 5.89. The molecule has 0 amide bonds. The predicted molar refractivity (Wildman–Crippen MR) is 89.7 cm³/mol. The molecule has 0 aromatic rings. The van der Waals surface area contributed by atoms with E-state index in [0.29, 0.717) is 12.3 Å². The third-order valence-electron chi connectivity index (χ3n) is 2.66. The Morgan fingerprint density at radius 2 is 1.50 bits per heavy atom. The van der Waals surface area contributed by atoms with E-state index < -0.39 is 0 Å². The molecular formula is C19H28O. The molecule has 20 heavy (non-hydrogen) atoms. The highest BCUT2D eigenvalue weighted by Gasteiger charge is 1.98. The van der Waals surface area contributed by atoms with Crippen molar-refractivity contribution in [2.24, 2.45) is 5.92 Å². The molecule has 110 valence electrons. The predicted octanol–water partition coefficient (Wildman–Crippen LogP) is 5.57. The Bertz CT molecular complexity index is 379. The van der Waals surface area contributed by atoms with Crippen molar-refractivity contribution >= 4 is 5.78 Å². The molecule has 0 aromatic heterocycles. The fourth-order valence-electron chi connectivity index (χ4n) is 1.46. The molecular weight excluding hydrogens is 244 g/mol. The van der Waals surface area contributed by atoms with E-state index in [1.807, 2.05) is 43.4 Å². The van der Waals surface area contributed by atoms with Gasteiger partial charge in [0.05, 0.1) is 0 Å². The number of allylic oxidation sites excluding steroid dienone is 10. The molecule has 0 saturated carbocycles. The summed E-state index contributed by atoms with van der Waals surface area (Å²) in [6.07, 6.45) is 23.4. The summed E-state index contributed by atoms with van der Waals surface area (Å²) in [4.78, 5) is 11.5. The van der Waals surface area contributed by atoms with Gasteiger partial charge in [0, 0.05) is 6.42 Å². The van der Waals surface area contributed by atoms with E-state index in [-0.39, 0.29) is 5.78 Å². The molecule has 0 aliphatic heterocycles. The van der Waals surface area contributed by atoms with Gasteiger partial charge in [0.1, 0.15) is 0 Å². The van der Waals surface area contributed by atoms with Crippen molar-refractivity contribution < 1.29 is 4.79 Å². The van der Waals surface area contributed by atoms with Gasteiger partial charge in [0.15, 0.2) is 5.78 Å². The maximum atomic E-state index is 11.5. The van der Waals surface area contributed by atoms with E-state index in [4.69, 9.17) is 0 Å². The second kappa shape index (κ2) is 13.8. The van der Waals surface area contributed by atoms with Crippen molar-refractivity contribution in [1.29, 1.82) is 0 Å². The van der Waals surface area contributed by atoms with Gasteiger partial charge in [-0.2, -0.15) is 0 Å². The standard InChI is InChI=1S/C19H28O/c1-4-5-6-7-8-9-10-11-12-13-14-15-19(20)17-16-18(2)3/h4-9,12-15,18H,10-11,16-17H2,1-3H3/b5-4+,7-6+,9-8-,13-12-,15-14+. The van der Waals surface area contributed by atoms with Crippen LogP contribution in [0.3, 0.4) is 0 Å². The van der Waals surface area contributed by atoms with Gasteiger partial charge in [-0.1, -0.05) is 68.5 Å². The van der Waals surface area contributed by atoms with Gasteiger partial charge in [-0.15, -0.1) is 0 Å². The number of unbranched alkanes of at least 4 members (excludes halogenated alkanes) is 1. The van der Waals surface area contributed by atoms with Crippen molar-refractivity contribution in [1.82, 2.24) is 0 Å². The largest absolute Gasteiger partial charge is 0.295 e. The fraction of sp³-hybridized carbons (Fsp3) is 0.421. The molecule has 0 saturated heterocycles. The van der Waals surface area contributed by atoms with Crippen LogP contribution in [0.2, 0.25) is 0 Å². The Kier molecular flexibility index (Phi) is 12.7. The lowest BCUT2D eigenvalue weighted by Crippen LogP contribution is -1.95. The van der Waals surface area contributed by atoms with Crippen LogP contribution >= 0.6 is 0 Å². The maximum Gasteiger partial charge on any atom is 0.155 e. The zero-order chi connectivity index (χ0) is 15.1. The lowest BCUT2D eigenvalue weighted by molar-refractivity contribution is -0.114. The van der Waals surface area contributed by atoms with Crippen LogP contribution in [0.25, 0.3) is 0 Å². The number of hydrogen-bond donors (Lipinski definition) is 0. The van der Waals surface area contributed by atoms with Crippen LogP contribution in [0.4, 0.5) is 0 Å². The van der Waals surface area contributed by atoms with Gasteiger partial charge < -0.3 is 0 Å². The first-order chi connectivity index (χ1) is 9.66. The van der Waals surface area contributed by atoms with E-state index in [1.165, 1.54) is 0 Å². The summed E-state index contributed by atoms with van der Waals surface area (Å²) in [6, 6.07) is 0. The quantitative estimate of drug-likeness (QED) is 0.288. The smallest absolute Gasteiger partial charge is 0.155 e. The molecule has 0 heterocycles. The number of carbonyl (C=O) groups is 1. The van der Waals surface area contributed by atoms with E-state index >= 15 is 0 Å². The minimum Gasteiger partial charge on any atom is -0.295 e. The maximum absolute atomic E-state index is 11.5. The third-order valence-corrected chi connectivity index (χ3v) is 2.66. The van der Waals surface area contributed by atoms with Crippen molar-refractivity contribution in [3.05, 3.63) is 60.8 Å². The summed E-state index contributed by atoms with van der Waals surface area (Å²) in [5, 5.41) is 0. The first-order valence-electron chi connectivity index (χ1n) is 7.47. The zero-order valence-electron chi connectivity index (χ0n) is 13.1. The molecule has 0 spiro atoms. The highest BCUT2D eigenvalue weighted by atomic mass is 16.1. The summed E-state index contributed by atoms with van der Waals surface area (Å²) in [5.74, 6) is 0.814. The normalized spacial score (nSPS) is 13.2. The first kappa shape index (κ1) is 18.4. The summed E-state index contributed by atoms with van der Waals surface area (Å²) in [7, 11) is 0. The van der Waals surface area contributed by atoms with Crippen LogP contribution in [0.1, 0.15) is 46.5 Å². The summed E-state index contributed by atoms with van der Waals surface area (Å²) >= 11 is 0. The van der Waals surface area contributed by atoms with E-state index in [9.17, 15) is 4.79 Å². The van der Waals surface area contributed by atoms with Crippen LogP contribution in [-0.4, -0.2) is 5.78 Å². The molecule has 0 atom stereocenters. The van der Waals surface area contributed by atoms with Crippen LogP contribution < -0.4 is 0 Å². The topological polar surface area (TPSA) is 17.1 Å². The third kappa shape index (κ3) is 14.4. The van der Waals surface area contributed by atoms with Gasteiger partial charge in [0.25, 0.3) is 0 Å². The Morgan fingerprint density at radius 3 is 2.10 bits per heavy atom. The van der Waals surface area contributed by atoms with Crippen LogP contribution in [0.5, 0.6) is 0 Å². The van der Waals surface area contributed by atoms with Crippen molar-refractivity contribution in [2.45, 2.75) is 46.5 Å². The molecule has 0 bridgehead atoms. The van der Waals surface area contributed by atoms with E-state index in [2.05, 4.69) is 32.1 Å². The molecule has 0 aliphatic rings. The fourth-order valence-corrected chi connectivity index (χ4v) is 1.46. The second-order valence-corrected chi connectivity index (χ2v) is 5.10. The summed E-state index contributed by atoms with van der Waals surface area (Å²) in [5.41, 5.74) is 0. The SMILES string of the molecule is C/C=C/C=C/C=C\CC/C=C\C=C\C(=O)CCC(C)C. The molecule has 1 nitrogen and oxygen atoms in total. The Hall–Kier alpha value is -1.63. The average Bonchev–Trinajstić information content (AvgIpc) is 2.42. The van der Waals surface area contributed by atoms with Crippen LogP contribution in [0.15, 0.2) is 60.8 Å². The van der Waals surface area contributed by atoms with Gasteiger partial charge in [0.2, 0.25) is 0 Å². The minimum atomic E-state index is 0.220. The van der Waals surface area contributed by atoms with Gasteiger partial charge >= 0.3 is 0 Å². The zero-order valence-corrected chi connectivity index (χ0v) is 13.1. The molecule has 0 fully saturated rings. The Balaban J connectivity index is 3.68. The van der Waals surface area contributed by atoms with Crippen LogP contribution in [0, 0.1) is 5.92 Å². The molecule has 0 radical (unpaired) electrons. The van der Waals surface area contributed by atoms with Crippen LogP contribution in [-0.2, 0) is 4.79 Å². The van der Waals surface area contributed by atoms with Crippen molar-refractivity contribution in [3.63, 3.8) is 0 Å². The van der Waals surface area contributed by atoms with Crippen molar-refractivity contribution in [2.75, 3.05) is 0 Å². The molecule has 0 N–H and O–H groups in total. The molecule has 1 heteroatoms. The molecule has 0 rings (SSSR count). The summed E-state index contributed by atoms with van der Waals surface area (Å²) < 4.78 is 0. The molecule has 0 aromatic carbocycles.